The van der Waals surface area contributed by atoms with E-state index in [4.69, 9.17) is 8.22 Å². The number of nitrogens with zero attached hydrogens (tertiary/aromatic N) is 1. The molecular weight excluding hydrogens is 378 g/mol. The molecule has 0 aliphatic rings. The quantitative estimate of drug-likeness (QED) is 0.271. The SMILES string of the molecule is [2H]C([2H])([2H])c1cnc(-c2cc3sc4ccccc4c3c3c2sc2ccccc23)cc1C([2H])([2H])[2H]. The monoisotopic (exact) mass is 401 g/mol. The molecule has 3 heteroatoms. The summed E-state index contributed by atoms with van der Waals surface area (Å²) in [5, 5.41) is 4.65. The number of benzene rings is 3. The Balaban J connectivity index is 1.76. The second-order valence-corrected chi connectivity index (χ2v) is 8.95. The first-order valence-corrected chi connectivity index (χ1v) is 10.5. The van der Waals surface area contributed by atoms with Gasteiger partial charge in [-0.2, -0.15) is 0 Å². The fraction of sp³-hybridized carbons (Fsp3) is 0.0800. The number of aryl methyl sites for hydroxylation is 2. The normalized spacial score (nSPS) is 16.0. The maximum atomic E-state index is 7.97. The molecule has 6 rings (SSSR count). The first-order valence-electron chi connectivity index (χ1n) is 11.9. The summed E-state index contributed by atoms with van der Waals surface area (Å²) >= 11 is 3.34. The number of thiophene rings is 2. The van der Waals surface area contributed by atoms with E-state index in [1.807, 2.05) is 24.3 Å². The topological polar surface area (TPSA) is 12.9 Å². The van der Waals surface area contributed by atoms with Crippen LogP contribution >= 0.6 is 22.7 Å². The van der Waals surface area contributed by atoms with Gasteiger partial charge in [0.15, 0.2) is 0 Å². The van der Waals surface area contributed by atoms with Gasteiger partial charge in [-0.3, -0.25) is 4.98 Å². The Labute approximate surface area is 179 Å². The highest BCUT2D eigenvalue weighted by Gasteiger charge is 2.18. The summed E-state index contributed by atoms with van der Waals surface area (Å²) in [6.45, 7) is -5.12. The highest BCUT2D eigenvalue weighted by molar-refractivity contribution is 7.28. The molecule has 0 saturated heterocycles. The smallest absolute Gasteiger partial charge is 0.0719 e. The van der Waals surface area contributed by atoms with Crippen LogP contribution in [0.5, 0.6) is 0 Å². The van der Waals surface area contributed by atoms with E-state index in [-0.39, 0.29) is 11.1 Å². The standard InChI is InChI=1S/C25H17NS2/c1-14-11-19(26-13-15(14)2)18-12-22-23(16-7-3-5-9-20(16)27-22)24-17-8-4-6-10-21(17)28-25(18)24/h3-13H,1-2H3/i1D3,2D3. The molecule has 3 heterocycles. The Morgan fingerprint density at radius 3 is 2.25 bits per heavy atom. The third-order valence-electron chi connectivity index (χ3n) is 5.17. The molecule has 28 heavy (non-hydrogen) atoms. The third kappa shape index (κ3) is 2.20. The van der Waals surface area contributed by atoms with E-state index in [2.05, 4.69) is 35.3 Å². The Morgan fingerprint density at radius 2 is 1.46 bits per heavy atom. The molecule has 0 saturated carbocycles. The lowest BCUT2D eigenvalue weighted by Crippen LogP contribution is -1.88. The zero-order chi connectivity index (χ0) is 23.8. The van der Waals surface area contributed by atoms with Crippen LogP contribution in [-0.4, -0.2) is 4.98 Å². The van der Waals surface area contributed by atoms with Gasteiger partial charge in [0.25, 0.3) is 0 Å². The van der Waals surface area contributed by atoms with Gasteiger partial charge in [-0.25, -0.2) is 0 Å². The molecule has 0 unspecified atom stereocenters. The molecule has 0 radical (unpaired) electrons. The van der Waals surface area contributed by atoms with Crippen molar-refractivity contribution in [2.45, 2.75) is 13.7 Å². The molecule has 3 aromatic heterocycles. The molecule has 0 N–H and O–H groups in total. The fourth-order valence-corrected chi connectivity index (χ4v) is 6.29. The molecule has 0 amide bonds. The zero-order valence-electron chi connectivity index (χ0n) is 20.6. The Morgan fingerprint density at radius 1 is 0.750 bits per heavy atom. The predicted molar refractivity (Wildman–Crippen MR) is 125 cm³/mol. The van der Waals surface area contributed by atoms with E-state index < -0.39 is 13.7 Å². The third-order valence-corrected chi connectivity index (χ3v) is 7.49. The number of aromatic nitrogens is 1. The molecule has 6 aromatic rings. The largest absolute Gasteiger partial charge is 0.256 e. The first kappa shape index (κ1) is 11.3. The molecule has 0 bridgehead atoms. The second-order valence-electron chi connectivity index (χ2n) is 6.81. The van der Waals surface area contributed by atoms with Crippen molar-refractivity contribution < 1.29 is 8.22 Å². The lowest BCUT2D eigenvalue weighted by molar-refractivity contribution is 1.22. The average molecular weight is 402 g/mol. The molecule has 0 fully saturated rings. The number of fused-ring (bicyclic) bond motifs is 7. The van der Waals surface area contributed by atoms with Gasteiger partial charge in [-0.1, -0.05) is 36.4 Å². The van der Waals surface area contributed by atoms with Crippen LogP contribution in [0, 0.1) is 13.7 Å². The van der Waals surface area contributed by atoms with Crippen LogP contribution in [0.3, 0.4) is 0 Å². The van der Waals surface area contributed by atoms with E-state index in [0.29, 0.717) is 5.69 Å². The summed E-state index contributed by atoms with van der Waals surface area (Å²) in [5.74, 6) is 0. The maximum Gasteiger partial charge on any atom is 0.0719 e. The Kier molecular flexibility index (Phi) is 2.37. The second kappa shape index (κ2) is 5.87. The average Bonchev–Trinajstić information content (AvgIpc) is 3.35. The van der Waals surface area contributed by atoms with Crippen molar-refractivity contribution in [1.82, 2.24) is 4.98 Å². The molecule has 3 aromatic carbocycles. The van der Waals surface area contributed by atoms with Crippen LogP contribution in [0.15, 0.2) is 66.9 Å². The summed E-state index contributed by atoms with van der Waals surface area (Å²) in [6, 6.07) is 20.1. The van der Waals surface area contributed by atoms with Crippen molar-refractivity contribution in [3.05, 3.63) is 78.0 Å². The molecule has 0 atom stereocenters. The van der Waals surface area contributed by atoms with E-state index in [1.165, 1.54) is 27.7 Å². The minimum absolute atomic E-state index is 0.178. The van der Waals surface area contributed by atoms with Gasteiger partial charge in [0.05, 0.1) is 5.69 Å². The lowest BCUT2D eigenvalue weighted by Gasteiger charge is -2.07. The Bertz CT molecular complexity index is 1740. The highest BCUT2D eigenvalue weighted by Crippen LogP contribution is 2.48. The van der Waals surface area contributed by atoms with Crippen LogP contribution in [0.1, 0.15) is 19.4 Å². The minimum atomic E-state index is -2.57. The minimum Gasteiger partial charge on any atom is -0.256 e. The van der Waals surface area contributed by atoms with Gasteiger partial charge in [0, 0.05) is 60.3 Å². The highest BCUT2D eigenvalue weighted by atomic mass is 32.1. The van der Waals surface area contributed by atoms with Crippen molar-refractivity contribution in [1.29, 1.82) is 0 Å². The molecule has 1 nitrogen and oxygen atoms in total. The number of hydrogen-bond acceptors (Lipinski definition) is 3. The molecule has 0 aliphatic carbocycles. The number of rotatable bonds is 1. The fourth-order valence-electron chi connectivity index (χ4n) is 3.90. The van der Waals surface area contributed by atoms with Crippen molar-refractivity contribution in [3.63, 3.8) is 0 Å². The van der Waals surface area contributed by atoms with Gasteiger partial charge in [-0.05, 0) is 49.1 Å². The van der Waals surface area contributed by atoms with Gasteiger partial charge in [-0.15, -0.1) is 22.7 Å². The van der Waals surface area contributed by atoms with Crippen LogP contribution < -0.4 is 0 Å². The number of hydrogen-bond donors (Lipinski definition) is 0. The van der Waals surface area contributed by atoms with E-state index in [0.717, 1.165) is 30.4 Å². The summed E-state index contributed by atoms with van der Waals surface area (Å²) in [7, 11) is 0. The Hall–Kier alpha value is -2.75. The van der Waals surface area contributed by atoms with Crippen molar-refractivity contribution in [2.24, 2.45) is 0 Å². The maximum absolute atomic E-state index is 7.97. The predicted octanol–water partition coefficient (Wildman–Crippen LogP) is 8.10. The summed E-state index contributed by atoms with van der Waals surface area (Å²) in [4.78, 5) is 4.47. The molecular formula is C25H17NS2. The molecule has 0 aliphatic heterocycles. The van der Waals surface area contributed by atoms with Crippen molar-refractivity contribution in [3.8, 4) is 11.3 Å². The first-order chi connectivity index (χ1) is 16.1. The summed E-state index contributed by atoms with van der Waals surface area (Å²) in [6.07, 6.45) is 1.21. The van der Waals surface area contributed by atoms with Crippen LogP contribution in [0.2, 0.25) is 0 Å². The molecule has 134 valence electrons. The zero-order valence-corrected chi connectivity index (χ0v) is 16.2. The van der Waals surface area contributed by atoms with Gasteiger partial charge >= 0.3 is 0 Å². The van der Waals surface area contributed by atoms with E-state index >= 15 is 0 Å². The van der Waals surface area contributed by atoms with Gasteiger partial charge in [0.1, 0.15) is 0 Å². The van der Waals surface area contributed by atoms with Gasteiger partial charge in [0.2, 0.25) is 0 Å². The van der Waals surface area contributed by atoms with Crippen molar-refractivity contribution in [2.75, 3.05) is 0 Å². The van der Waals surface area contributed by atoms with Gasteiger partial charge < -0.3 is 0 Å². The van der Waals surface area contributed by atoms with Crippen LogP contribution in [0.25, 0.3) is 51.6 Å². The summed E-state index contributed by atoms with van der Waals surface area (Å²) < 4.78 is 51.7. The van der Waals surface area contributed by atoms with Crippen LogP contribution in [-0.2, 0) is 0 Å². The number of pyridine rings is 1. The van der Waals surface area contributed by atoms with E-state index in [1.54, 1.807) is 22.7 Å². The van der Waals surface area contributed by atoms with Crippen LogP contribution in [0.4, 0.5) is 0 Å². The van der Waals surface area contributed by atoms with E-state index in [9.17, 15) is 0 Å². The lowest BCUT2D eigenvalue weighted by atomic mass is 10.00. The summed E-state index contributed by atoms with van der Waals surface area (Å²) in [5.41, 5.74) is 0.878. The molecule has 0 spiro atoms. The van der Waals surface area contributed by atoms with Crippen molar-refractivity contribution >= 4 is 63.0 Å².